The molecule has 1 heterocycles. The van der Waals surface area contributed by atoms with E-state index in [0.29, 0.717) is 27.4 Å². The molecule has 5 rings (SSSR count). The second kappa shape index (κ2) is 11.1. The Morgan fingerprint density at radius 3 is 2.17 bits per heavy atom. The highest BCUT2D eigenvalue weighted by atomic mass is 35.5. The molecule has 4 aromatic carbocycles. The van der Waals surface area contributed by atoms with Gasteiger partial charge in [-0.25, -0.2) is 13.4 Å². The van der Waals surface area contributed by atoms with Crippen molar-refractivity contribution in [2.45, 2.75) is 51.0 Å². The molecule has 0 saturated carbocycles. The predicted molar refractivity (Wildman–Crippen MR) is 171 cm³/mol. The molecular weight excluding hydrogens is 566 g/mol. The van der Waals surface area contributed by atoms with E-state index in [0.717, 1.165) is 22.3 Å². The Bertz CT molecular complexity index is 1940. The summed E-state index contributed by atoms with van der Waals surface area (Å²) in [6.07, 6.45) is 0. The molecule has 0 amide bonds. The molecule has 1 unspecified atom stereocenters. The van der Waals surface area contributed by atoms with Gasteiger partial charge in [0.2, 0.25) is 10.0 Å². The summed E-state index contributed by atoms with van der Waals surface area (Å²) in [6, 6.07) is 26.6. The van der Waals surface area contributed by atoms with Gasteiger partial charge in [0.1, 0.15) is 5.82 Å². The molecule has 0 radical (unpaired) electrons. The molecule has 0 bridgehead atoms. The summed E-state index contributed by atoms with van der Waals surface area (Å²) in [5, 5.41) is 0.989. The summed E-state index contributed by atoms with van der Waals surface area (Å²) >= 11 is 6.46. The van der Waals surface area contributed by atoms with E-state index in [-0.39, 0.29) is 15.9 Å². The van der Waals surface area contributed by atoms with Crippen LogP contribution < -0.4 is 5.56 Å². The third-order valence-corrected chi connectivity index (χ3v) is 9.96. The van der Waals surface area contributed by atoms with Crippen LogP contribution in [0.5, 0.6) is 0 Å². The molecule has 0 aliphatic heterocycles. The van der Waals surface area contributed by atoms with Crippen LogP contribution in [0.2, 0.25) is 5.02 Å². The van der Waals surface area contributed by atoms with Crippen molar-refractivity contribution in [1.29, 1.82) is 0 Å². The predicted octanol–water partition coefficient (Wildman–Crippen LogP) is 7.69. The molecule has 0 aliphatic carbocycles. The summed E-state index contributed by atoms with van der Waals surface area (Å²) in [4.78, 5) is 19.3. The lowest BCUT2D eigenvalue weighted by molar-refractivity contribution is 0.379. The van der Waals surface area contributed by atoms with Crippen LogP contribution in [0, 0.1) is 6.92 Å². The molecule has 6 nitrogen and oxygen atoms in total. The van der Waals surface area contributed by atoms with E-state index in [9.17, 15) is 13.2 Å². The minimum Gasteiger partial charge on any atom is -0.268 e. The van der Waals surface area contributed by atoms with E-state index in [4.69, 9.17) is 16.6 Å². The Hall–Kier alpha value is -3.78. The van der Waals surface area contributed by atoms with Gasteiger partial charge in [-0.3, -0.25) is 9.36 Å². The zero-order chi connectivity index (χ0) is 30.4. The molecule has 1 atom stereocenters. The summed E-state index contributed by atoms with van der Waals surface area (Å²) < 4.78 is 30.3. The largest absolute Gasteiger partial charge is 0.268 e. The molecule has 0 aliphatic rings. The molecule has 0 saturated heterocycles. The lowest BCUT2D eigenvalue weighted by Gasteiger charge is -2.27. The smallest absolute Gasteiger partial charge is 0.266 e. The van der Waals surface area contributed by atoms with Crippen LogP contribution in [0.4, 0.5) is 0 Å². The standard InChI is InChI=1S/C34H34ClN3O3S/c1-22-11-16-26(17-12-22)38-32(23(2)37(6)42(40,41)27-18-14-25(15-19-27)34(3,4)5)36-31-20-13-24(21-29(31)33(38)39)28-9-7-8-10-30(28)35/h7-21,23H,1-6H3. The van der Waals surface area contributed by atoms with Crippen molar-refractivity contribution in [2.24, 2.45) is 0 Å². The second-order valence-corrected chi connectivity index (χ2v) is 14.0. The van der Waals surface area contributed by atoms with Crippen molar-refractivity contribution in [1.82, 2.24) is 13.9 Å². The quantitative estimate of drug-likeness (QED) is 0.200. The van der Waals surface area contributed by atoms with Gasteiger partial charge in [-0.15, -0.1) is 0 Å². The minimum absolute atomic E-state index is 0.105. The fourth-order valence-electron chi connectivity index (χ4n) is 4.95. The molecule has 0 spiro atoms. The number of hydrogen-bond donors (Lipinski definition) is 0. The van der Waals surface area contributed by atoms with Crippen molar-refractivity contribution in [3.63, 3.8) is 0 Å². The first kappa shape index (κ1) is 29.7. The maximum absolute atomic E-state index is 14.2. The van der Waals surface area contributed by atoms with Crippen LogP contribution in [0.1, 0.15) is 50.7 Å². The number of aromatic nitrogens is 2. The monoisotopic (exact) mass is 599 g/mol. The maximum atomic E-state index is 14.2. The van der Waals surface area contributed by atoms with E-state index in [1.165, 1.54) is 15.9 Å². The van der Waals surface area contributed by atoms with Crippen molar-refractivity contribution in [2.75, 3.05) is 7.05 Å². The Balaban J connectivity index is 1.66. The van der Waals surface area contributed by atoms with E-state index >= 15 is 0 Å². The fraction of sp³-hybridized carbons (Fsp3) is 0.235. The van der Waals surface area contributed by atoms with Gasteiger partial charge in [-0.2, -0.15) is 4.31 Å². The SMILES string of the molecule is Cc1ccc(-n2c(C(C)N(C)S(=O)(=O)c3ccc(C(C)(C)C)cc3)nc3ccc(-c4ccccc4Cl)cc3c2=O)cc1. The van der Waals surface area contributed by atoms with Crippen LogP contribution in [0.3, 0.4) is 0 Å². The topological polar surface area (TPSA) is 72.3 Å². The van der Waals surface area contributed by atoms with Crippen LogP contribution in [-0.4, -0.2) is 29.3 Å². The molecule has 42 heavy (non-hydrogen) atoms. The number of halogens is 1. The van der Waals surface area contributed by atoms with Crippen LogP contribution >= 0.6 is 11.6 Å². The van der Waals surface area contributed by atoms with Gasteiger partial charge in [-0.1, -0.05) is 86.5 Å². The molecular formula is C34H34ClN3O3S. The molecule has 0 fully saturated rings. The average molecular weight is 600 g/mol. The van der Waals surface area contributed by atoms with Gasteiger partial charge in [0.25, 0.3) is 5.56 Å². The fourth-order valence-corrected chi connectivity index (χ4v) is 6.52. The number of hydrogen-bond acceptors (Lipinski definition) is 4. The Morgan fingerprint density at radius 1 is 0.905 bits per heavy atom. The summed E-state index contributed by atoms with van der Waals surface area (Å²) in [6.45, 7) is 9.96. The number of rotatable bonds is 6. The van der Waals surface area contributed by atoms with Gasteiger partial charge < -0.3 is 0 Å². The highest BCUT2D eigenvalue weighted by Gasteiger charge is 2.30. The van der Waals surface area contributed by atoms with E-state index in [1.807, 2.05) is 73.7 Å². The van der Waals surface area contributed by atoms with Crippen molar-refractivity contribution in [3.05, 3.63) is 123 Å². The van der Waals surface area contributed by atoms with E-state index in [2.05, 4.69) is 20.8 Å². The number of aryl methyl sites for hydroxylation is 1. The molecule has 0 N–H and O–H groups in total. The minimum atomic E-state index is -3.90. The average Bonchev–Trinajstić information content (AvgIpc) is 2.96. The van der Waals surface area contributed by atoms with Crippen molar-refractivity contribution < 1.29 is 8.42 Å². The lowest BCUT2D eigenvalue weighted by atomic mass is 9.87. The van der Waals surface area contributed by atoms with Crippen LogP contribution in [0.15, 0.2) is 101 Å². The number of nitrogens with zero attached hydrogens (tertiary/aromatic N) is 3. The molecule has 8 heteroatoms. The normalized spacial score (nSPS) is 13.0. The lowest BCUT2D eigenvalue weighted by Crippen LogP contribution is -2.35. The second-order valence-electron chi connectivity index (χ2n) is 11.6. The molecule has 5 aromatic rings. The number of benzene rings is 4. The van der Waals surface area contributed by atoms with Crippen molar-refractivity contribution >= 4 is 32.5 Å². The van der Waals surface area contributed by atoms with Gasteiger partial charge in [-0.05, 0) is 72.9 Å². The summed E-state index contributed by atoms with van der Waals surface area (Å²) in [5.41, 5.74) is 4.36. The number of sulfonamides is 1. The zero-order valence-electron chi connectivity index (χ0n) is 24.6. The van der Waals surface area contributed by atoms with Crippen molar-refractivity contribution in [3.8, 4) is 16.8 Å². The third kappa shape index (κ3) is 5.52. The highest BCUT2D eigenvalue weighted by Crippen LogP contribution is 2.32. The van der Waals surface area contributed by atoms with Gasteiger partial charge in [0, 0.05) is 17.6 Å². The Kier molecular flexibility index (Phi) is 7.88. The Morgan fingerprint density at radius 2 is 1.55 bits per heavy atom. The summed E-state index contributed by atoms with van der Waals surface area (Å²) in [7, 11) is -2.38. The Labute approximate surface area is 252 Å². The van der Waals surface area contributed by atoms with Gasteiger partial charge in [0.05, 0.1) is 27.5 Å². The van der Waals surface area contributed by atoms with E-state index < -0.39 is 16.1 Å². The zero-order valence-corrected chi connectivity index (χ0v) is 26.2. The molecule has 216 valence electrons. The van der Waals surface area contributed by atoms with Gasteiger partial charge in [0.15, 0.2) is 0 Å². The first-order valence-corrected chi connectivity index (χ1v) is 15.6. The first-order chi connectivity index (χ1) is 19.8. The highest BCUT2D eigenvalue weighted by molar-refractivity contribution is 7.89. The maximum Gasteiger partial charge on any atom is 0.266 e. The molecule has 1 aromatic heterocycles. The third-order valence-electron chi connectivity index (χ3n) is 7.69. The van der Waals surface area contributed by atoms with E-state index in [1.54, 1.807) is 31.2 Å². The van der Waals surface area contributed by atoms with Crippen LogP contribution in [0.25, 0.3) is 27.7 Å². The summed E-state index contributed by atoms with van der Waals surface area (Å²) in [5.74, 6) is 0.319. The first-order valence-electron chi connectivity index (χ1n) is 13.8. The van der Waals surface area contributed by atoms with Crippen LogP contribution in [-0.2, 0) is 15.4 Å². The van der Waals surface area contributed by atoms with Gasteiger partial charge >= 0.3 is 0 Å². The number of fused-ring (bicyclic) bond motifs is 1.